The summed E-state index contributed by atoms with van der Waals surface area (Å²) in [4.78, 5) is 9.50. The van der Waals surface area contributed by atoms with Crippen LogP contribution in [-0.4, -0.2) is 25.0 Å². The van der Waals surface area contributed by atoms with Crippen LogP contribution in [0.2, 0.25) is 0 Å². The number of amides is 1. The van der Waals surface area contributed by atoms with Crippen molar-refractivity contribution < 1.29 is 4.79 Å². The first kappa shape index (κ1) is 16.8. The van der Waals surface area contributed by atoms with Crippen LogP contribution >= 0.6 is 0 Å². The van der Waals surface area contributed by atoms with Gasteiger partial charge in [0.25, 0.3) is 0 Å². The van der Waals surface area contributed by atoms with E-state index in [4.69, 9.17) is 0 Å². The van der Waals surface area contributed by atoms with E-state index >= 15 is 0 Å². The minimum Gasteiger partial charge on any atom is -0.357 e. The largest absolute Gasteiger partial charge is 0.357 e. The average molecular weight is 216 g/mol. The van der Waals surface area contributed by atoms with Crippen LogP contribution in [0.15, 0.2) is 0 Å². The molecule has 1 fully saturated rings. The van der Waals surface area contributed by atoms with Crippen LogP contribution in [0, 0.1) is 0 Å². The maximum atomic E-state index is 9.50. The van der Waals surface area contributed by atoms with E-state index in [0.29, 0.717) is 6.41 Å². The van der Waals surface area contributed by atoms with E-state index in [1.165, 1.54) is 25.8 Å². The normalized spacial score (nSPS) is 19.2. The lowest BCUT2D eigenvalue weighted by molar-refractivity contribution is -0.109. The fourth-order valence-electron chi connectivity index (χ4n) is 1.16. The van der Waals surface area contributed by atoms with Crippen molar-refractivity contribution in [2.24, 2.45) is 0 Å². The lowest BCUT2D eigenvalue weighted by Gasteiger charge is -2.18. The second kappa shape index (κ2) is 13.4. The second-order valence-corrected chi connectivity index (χ2v) is 3.79. The van der Waals surface area contributed by atoms with Gasteiger partial charge in [-0.2, -0.15) is 0 Å². The molecule has 1 aliphatic heterocycles. The van der Waals surface area contributed by atoms with Gasteiger partial charge in [-0.3, -0.25) is 4.79 Å². The summed E-state index contributed by atoms with van der Waals surface area (Å²) in [6, 6.07) is 1.07. The van der Waals surface area contributed by atoms with Gasteiger partial charge in [0.2, 0.25) is 6.41 Å². The standard InChI is InChI=1S/C6H13N.C4H9NO.C2H6/c1-6-4-2-3-5-7-6;1-4(2)5-3-6;1-2/h6-7H,2-5H2,1H3;3-4H,1-2H3,(H,5,6);1-2H3. The van der Waals surface area contributed by atoms with Crippen molar-refractivity contribution in [2.45, 2.75) is 66.0 Å². The van der Waals surface area contributed by atoms with Crippen molar-refractivity contribution in [3.63, 3.8) is 0 Å². The average Bonchev–Trinajstić information content (AvgIpc) is 2.22. The van der Waals surface area contributed by atoms with Gasteiger partial charge in [0.15, 0.2) is 0 Å². The smallest absolute Gasteiger partial charge is 0.207 e. The minimum absolute atomic E-state index is 0.280. The van der Waals surface area contributed by atoms with Gasteiger partial charge >= 0.3 is 0 Å². The Morgan fingerprint density at radius 3 is 2.07 bits per heavy atom. The molecule has 0 aromatic rings. The lowest BCUT2D eigenvalue weighted by atomic mass is 10.1. The molecule has 1 unspecified atom stereocenters. The van der Waals surface area contributed by atoms with Gasteiger partial charge in [0.1, 0.15) is 0 Å². The number of hydrogen-bond acceptors (Lipinski definition) is 2. The molecule has 1 aliphatic rings. The quantitative estimate of drug-likeness (QED) is 0.696. The maximum Gasteiger partial charge on any atom is 0.207 e. The van der Waals surface area contributed by atoms with E-state index in [0.717, 1.165) is 6.04 Å². The molecule has 1 saturated heterocycles. The summed E-state index contributed by atoms with van der Waals surface area (Å²) in [5.41, 5.74) is 0. The van der Waals surface area contributed by atoms with Crippen LogP contribution in [0.4, 0.5) is 0 Å². The zero-order valence-corrected chi connectivity index (χ0v) is 11.0. The van der Waals surface area contributed by atoms with Crippen molar-refractivity contribution in [1.82, 2.24) is 10.6 Å². The predicted octanol–water partition coefficient (Wildman–Crippen LogP) is 2.32. The zero-order chi connectivity index (χ0) is 12.1. The summed E-state index contributed by atoms with van der Waals surface area (Å²) in [6.07, 6.45) is 4.88. The molecule has 1 heterocycles. The Morgan fingerprint density at radius 2 is 1.93 bits per heavy atom. The Labute approximate surface area is 95.0 Å². The van der Waals surface area contributed by atoms with Gasteiger partial charge in [-0.05, 0) is 40.2 Å². The molecule has 0 aliphatic carbocycles. The van der Waals surface area contributed by atoms with Crippen molar-refractivity contribution in [3.05, 3.63) is 0 Å². The number of hydrogen-bond donors (Lipinski definition) is 2. The fourth-order valence-corrected chi connectivity index (χ4v) is 1.16. The van der Waals surface area contributed by atoms with Gasteiger partial charge < -0.3 is 10.6 Å². The highest BCUT2D eigenvalue weighted by Gasteiger charge is 2.04. The van der Waals surface area contributed by atoms with Crippen LogP contribution in [-0.2, 0) is 4.79 Å². The maximum absolute atomic E-state index is 9.50. The molecule has 15 heavy (non-hydrogen) atoms. The predicted molar refractivity (Wildman–Crippen MR) is 67.0 cm³/mol. The highest BCUT2D eigenvalue weighted by atomic mass is 16.1. The first-order valence-electron chi connectivity index (χ1n) is 6.10. The zero-order valence-electron chi connectivity index (χ0n) is 11.0. The first-order chi connectivity index (χ1) is 7.16. The molecule has 0 saturated carbocycles. The van der Waals surface area contributed by atoms with Crippen LogP contribution < -0.4 is 10.6 Å². The molecule has 3 nitrogen and oxygen atoms in total. The van der Waals surface area contributed by atoms with E-state index < -0.39 is 0 Å². The Bertz CT molecular complexity index is 121. The van der Waals surface area contributed by atoms with Crippen LogP contribution in [0.3, 0.4) is 0 Å². The summed E-state index contributed by atoms with van der Waals surface area (Å²) in [6.45, 7) is 11.3. The van der Waals surface area contributed by atoms with E-state index in [1.54, 1.807) is 0 Å². The molecule has 2 N–H and O–H groups in total. The molecule has 3 heteroatoms. The van der Waals surface area contributed by atoms with Gasteiger partial charge in [0.05, 0.1) is 0 Å². The molecular weight excluding hydrogens is 188 g/mol. The molecular formula is C12H28N2O. The van der Waals surface area contributed by atoms with Gasteiger partial charge in [-0.1, -0.05) is 20.3 Å². The van der Waals surface area contributed by atoms with Crippen LogP contribution in [0.25, 0.3) is 0 Å². The van der Waals surface area contributed by atoms with Crippen LogP contribution in [0.1, 0.15) is 53.9 Å². The second-order valence-electron chi connectivity index (χ2n) is 3.79. The van der Waals surface area contributed by atoms with Gasteiger partial charge in [0, 0.05) is 12.1 Å². The number of piperidine rings is 1. The van der Waals surface area contributed by atoms with Crippen molar-refractivity contribution in [1.29, 1.82) is 0 Å². The Morgan fingerprint density at radius 1 is 1.33 bits per heavy atom. The number of nitrogens with one attached hydrogen (secondary N) is 2. The summed E-state index contributed by atoms with van der Waals surface area (Å²) in [7, 11) is 0. The molecule has 0 radical (unpaired) electrons. The summed E-state index contributed by atoms with van der Waals surface area (Å²) >= 11 is 0. The Kier molecular flexibility index (Phi) is 15.1. The molecule has 1 atom stereocenters. The fraction of sp³-hybridized carbons (Fsp3) is 0.917. The molecule has 0 spiro atoms. The molecule has 92 valence electrons. The Balaban J connectivity index is 0. The SMILES string of the molecule is CC.CC(C)NC=O.CC1CCCCN1. The third kappa shape index (κ3) is 16.1. The molecule has 1 rings (SSSR count). The minimum atomic E-state index is 0.280. The third-order valence-electron chi connectivity index (χ3n) is 1.96. The highest BCUT2D eigenvalue weighted by molar-refractivity contribution is 5.46. The lowest BCUT2D eigenvalue weighted by Crippen LogP contribution is -2.30. The topological polar surface area (TPSA) is 41.1 Å². The third-order valence-corrected chi connectivity index (χ3v) is 1.96. The van der Waals surface area contributed by atoms with Gasteiger partial charge in [-0.25, -0.2) is 0 Å². The summed E-state index contributed by atoms with van der Waals surface area (Å²) in [5.74, 6) is 0. The van der Waals surface area contributed by atoms with Crippen molar-refractivity contribution >= 4 is 6.41 Å². The first-order valence-corrected chi connectivity index (χ1v) is 6.10. The number of rotatable bonds is 2. The molecule has 0 bridgehead atoms. The molecule has 1 amide bonds. The highest BCUT2D eigenvalue weighted by Crippen LogP contribution is 2.04. The van der Waals surface area contributed by atoms with Crippen LogP contribution in [0.5, 0.6) is 0 Å². The monoisotopic (exact) mass is 216 g/mol. The molecule has 0 aromatic carbocycles. The summed E-state index contributed by atoms with van der Waals surface area (Å²) in [5, 5.41) is 5.91. The van der Waals surface area contributed by atoms with Gasteiger partial charge in [-0.15, -0.1) is 0 Å². The van der Waals surface area contributed by atoms with Crippen molar-refractivity contribution in [2.75, 3.05) is 6.54 Å². The van der Waals surface area contributed by atoms with Crippen molar-refractivity contribution in [3.8, 4) is 0 Å². The Hall–Kier alpha value is -0.570. The molecule has 0 aromatic heterocycles. The summed E-state index contributed by atoms with van der Waals surface area (Å²) < 4.78 is 0. The van der Waals surface area contributed by atoms with E-state index in [-0.39, 0.29) is 6.04 Å². The number of carbonyl (C=O) groups is 1. The van der Waals surface area contributed by atoms with E-state index in [9.17, 15) is 4.79 Å². The number of carbonyl (C=O) groups excluding carboxylic acids is 1. The van der Waals surface area contributed by atoms with E-state index in [2.05, 4.69) is 17.6 Å². The van der Waals surface area contributed by atoms with E-state index in [1.807, 2.05) is 27.7 Å².